The van der Waals surface area contributed by atoms with Gasteiger partial charge in [-0.3, -0.25) is 4.79 Å². The standard InChI is InChI=1S/C14H26N4O3/c1-6-20-14(21-7-2)12-8-18(17-16-12)9-13(19)15-11(5)10(3)4/h8,10-11,14H,6-7,9H2,1-5H3,(H,15,19). The van der Waals surface area contributed by atoms with Crippen molar-refractivity contribution in [2.75, 3.05) is 13.2 Å². The van der Waals surface area contributed by atoms with Crippen LogP contribution in [0.3, 0.4) is 0 Å². The minimum absolute atomic E-state index is 0.0861. The van der Waals surface area contributed by atoms with Gasteiger partial charge in [-0.2, -0.15) is 0 Å². The predicted octanol–water partition coefficient (Wildman–Crippen LogP) is 1.51. The molecule has 0 saturated carbocycles. The fourth-order valence-corrected chi connectivity index (χ4v) is 1.63. The first-order valence-electron chi connectivity index (χ1n) is 7.40. The molecule has 0 aromatic carbocycles. The lowest BCUT2D eigenvalue weighted by molar-refractivity contribution is -0.142. The van der Waals surface area contributed by atoms with Gasteiger partial charge in [0.1, 0.15) is 12.2 Å². The van der Waals surface area contributed by atoms with E-state index in [0.29, 0.717) is 24.8 Å². The normalized spacial score (nSPS) is 12.9. The highest BCUT2D eigenvalue weighted by Gasteiger charge is 2.17. The molecule has 0 aliphatic rings. The third-order valence-electron chi connectivity index (χ3n) is 3.13. The molecule has 1 heterocycles. The first-order chi connectivity index (χ1) is 9.97. The van der Waals surface area contributed by atoms with Gasteiger partial charge in [0.15, 0.2) is 0 Å². The highest BCUT2D eigenvalue weighted by atomic mass is 16.7. The molecule has 0 bridgehead atoms. The van der Waals surface area contributed by atoms with E-state index < -0.39 is 6.29 Å². The minimum atomic E-state index is -0.536. The van der Waals surface area contributed by atoms with Crippen molar-refractivity contribution in [1.29, 1.82) is 0 Å². The van der Waals surface area contributed by atoms with Crippen molar-refractivity contribution in [2.45, 2.75) is 53.5 Å². The smallest absolute Gasteiger partial charge is 0.242 e. The fraction of sp³-hybridized carbons (Fsp3) is 0.786. The lowest BCUT2D eigenvalue weighted by Gasteiger charge is -2.17. The first-order valence-corrected chi connectivity index (χ1v) is 7.40. The molecule has 0 radical (unpaired) electrons. The van der Waals surface area contributed by atoms with E-state index in [1.807, 2.05) is 20.8 Å². The molecule has 1 aromatic heterocycles. The second kappa shape index (κ2) is 8.74. The number of rotatable bonds is 9. The minimum Gasteiger partial charge on any atom is -0.352 e. The largest absolute Gasteiger partial charge is 0.352 e. The summed E-state index contributed by atoms with van der Waals surface area (Å²) in [5.74, 6) is 0.303. The summed E-state index contributed by atoms with van der Waals surface area (Å²) in [7, 11) is 0. The summed E-state index contributed by atoms with van der Waals surface area (Å²) in [6.45, 7) is 11.0. The van der Waals surface area contributed by atoms with Gasteiger partial charge in [0.25, 0.3) is 0 Å². The monoisotopic (exact) mass is 298 g/mol. The highest BCUT2D eigenvalue weighted by Crippen LogP contribution is 2.15. The van der Waals surface area contributed by atoms with Crippen LogP contribution in [0.4, 0.5) is 0 Å². The van der Waals surface area contributed by atoms with Crippen molar-refractivity contribution in [3.63, 3.8) is 0 Å². The average Bonchev–Trinajstić information content (AvgIpc) is 2.86. The number of nitrogens with zero attached hydrogens (tertiary/aromatic N) is 3. The molecule has 0 aliphatic carbocycles. The van der Waals surface area contributed by atoms with Crippen molar-refractivity contribution in [2.24, 2.45) is 5.92 Å². The molecular weight excluding hydrogens is 272 g/mol. The molecule has 0 saturated heterocycles. The van der Waals surface area contributed by atoms with E-state index in [4.69, 9.17) is 9.47 Å². The van der Waals surface area contributed by atoms with Gasteiger partial charge in [-0.1, -0.05) is 19.1 Å². The summed E-state index contributed by atoms with van der Waals surface area (Å²) < 4.78 is 12.4. The van der Waals surface area contributed by atoms with Gasteiger partial charge >= 0.3 is 0 Å². The Hall–Kier alpha value is -1.47. The fourth-order valence-electron chi connectivity index (χ4n) is 1.63. The van der Waals surface area contributed by atoms with Gasteiger partial charge in [-0.05, 0) is 26.7 Å². The second-order valence-corrected chi connectivity index (χ2v) is 5.18. The SMILES string of the molecule is CCOC(OCC)c1cn(CC(=O)NC(C)C(C)C)nn1. The van der Waals surface area contributed by atoms with Gasteiger partial charge < -0.3 is 14.8 Å². The van der Waals surface area contributed by atoms with Gasteiger partial charge in [0, 0.05) is 19.3 Å². The molecule has 1 rings (SSSR count). The third-order valence-corrected chi connectivity index (χ3v) is 3.13. The van der Waals surface area contributed by atoms with Gasteiger partial charge in [0.2, 0.25) is 12.2 Å². The quantitative estimate of drug-likeness (QED) is 0.699. The molecular formula is C14H26N4O3. The number of hydrogen-bond donors (Lipinski definition) is 1. The van der Waals surface area contributed by atoms with Crippen molar-refractivity contribution in [3.05, 3.63) is 11.9 Å². The zero-order valence-electron chi connectivity index (χ0n) is 13.5. The number of carbonyl (C=O) groups excluding carboxylic acids is 1. The summed E-state index contributed by atoms with van der Waals surface area (Å²) in [6.07, 6.45) is 1.14. The zero-order chi connectivity index (χ0) is 15.8. The number of ether oxygens (including phenoxy) is 2. The molecule has 7 nitrogen and oxygen atoms in total. The zero-order valence-corrected chi connectivity index (χ0v) is 13.5. The van der Waals surface area contributed by atoms with Crippen molar-refractivity contribution >= 4 is 5.91 Å². The van der Waals surface area contributed by atoms with Crippen LogP contribution in [-0.4, -0.2) is 40.2 Å². The molecule has 1 atom stereocenters. The summed E-state index contributed by atoms with van der Waals surface area (Å²) in [5.41, 5.74) is 0.573. The summed E-state index contributed by atoms with van der Waals surface area (Å²) >= 11 is 0. The van der Waals surface area contributed by atoms with Crippen LogP contribution in [-0.2, 0) is 20.8 Å². The molecule has 1 aromatic rings. The van der Waals surface area contributed by atoms with Crippen LogP contribution in [0, 0.1) is 5.92 Å². The van der Waals surface area contributed by atoms with Crippen LogP contribution in [0.15, 0.2) is 6.20 Å². The van der Waals surface area contributed by atoms with E-state index in [1.54, 1.807) is 6.20 Å². The Morgan fingerprint density at radius 3 is 2.43 bits per heavy atom. The molecule has 0 fully saturated rings. The average molecular weight is 298 g/mol. The molecule has 120 valence electrons. The molecule has 1 unspecified atom stereocenters. The van der Waals surface area contributed by atoms with E-state index in [0.717, 1.165) is 0 Å². The number of carbonyl (C=O) groups is 1. The summed E-state index contributed by atoms with van der Waals surface area (Å²) in [4.78, 5) is 11.9. The van der Waals surface area contributed by atoms with Crippen molar-refractivity contribution in [1.82, 2.24) is 20.3 Å². The van der Waals surface area contributed by atoms with E-state index >= 15 is 0 Å². The molecule has 0 aliphatic heterocycles. The lowest BCUT2D eigenvalue weighted by atomic mass is 10.1. The number of nitrogens with one attached hydrogen (secondary N) is 1. The Balaban J connectivity index is 2.59. The third kappa shape index (κ3) is 5.81. The molecule has 21 heavy (non-hydrogen) atoms. The van der Waals surface area contributed by atoms with Crippen LogP contribution >= 0.6 is 0 Å². The highest BCUT2D eigenvalue weighted by molar-refractivity contribution is 5.75. The van der Waals surface area contributed by atoms with Crippen LogP contribution < -0.4 is 5.32 Å². The predicted molar refractivity (Wildman–Crippen MR) is 78.5 cm³/mol. The molecule has 7 heteroatoms. The van der Waals surface area contributed by atoms with E-state index in [9.17, 15) is 4.79 Å². The van der Waals surface area contributed by atoms with Crippen LogP contribution in [0.2, 0.25) is 0 Å². The van der Waals surface area contributed by atoms with E-state index in [2.05, 4.69) is 29.5 Å². The number of hydrogen-bond acceptors (Lipinski definition) is 5. The molecule has 0 spiro atoms. The maximum atomic E-state index is 11.9. The Morgan fingerprint density at radius 1 is 1.29 bits per heavy atom. The Labute approximate surface area is 126 Å². The number of aromatic nitrogens is 3. The van der Waals surface area contributed by atoms with Crippen LogP contribution in [0.1, 0.15) is 46.6 Å². The number of amides is 1. The van der Waals surface area contributed by atoms with Crippen molar-refractivity contribution in [3.8, 4) is 0 Å². The summed E-state index contributed by atoms with van der Waals surface area (Å²) in [5, 5.41) is 10.9. The maximum absolute atomic E-state index is 11.9. The Kier molecular flexibility index (Phi) is 7.31. The Morgan fingerprint density at radius 2 is 1.90 bits per heavy atom. The van der Waals surface area contributed by atoms with Gasteiger partial charge in [-0.15, -0.1) is 5.10 Å². The molecule has 1 amide bonds. The van der Waals surface area contributed by atoms with Crippen molar-refractivity contribution < 1.29 is 14.3 Å². The van der Waals surface area contributed by atoms with E-state index in [-0.39, 0.29) is 18.5 Å². The topological polar surface area (TPSA) is 78.3 Å². The van der Waals surface area contributed by atoms with E-state index in [1.165, 1.54) is 4.68 Å². The Bertz CT molecular complexity index is 428. The van der Waals surface area contributed by atoms with Crippen LogP contribution in [0.25, 0.3) is 0 Å². The first kappa shape index (κ1) is 17.6. The van der Waals surface area contributed by atoms with Crippen LogP contribution in [0.5, 0.6) is 0 Å². The lowest BCUT2D eigenvalue weighted by Crippen LogP contribution is -2.38. The molecule has 1 N–H and O–H groups in total. The summed E-state index contributed by atoms with van der Waals surface area (Å²) in [6, 6.07) is 0.125. The van der Waals surface area contributed by atoms with Gasteiger partial charge in [-0.25, -0.2) is 4.68 Å². The van der Waals surface area contributed by atoms with Gasteiger partial charge in [0.05, 0.1) is 6.20 Å². The maximum Gasteiger partial charge on any atom is 0.242 e. The second-order valence-electron chi connectivity index (χ2n) is 5.18.